The molecule has 0 amide bonds. The molecular weight excluding hydrogens is 245 g/mol. The highest BCUT2D eigenvalue weighted by Gasteiger charge is 2.22. The molecule has 2 N–H and O–H groups in total. The molecule has 4 heteroatoms. The Kier molecular flexibility index (Phi) is 4.92. The first-order valence-electron chi connectivity index (χ1n) is 6.44. The average Bonchev–Trinajstić information content (AvgIpc) is 2.86. The number of aliphatic hydroxyl groups is 2. The van der Waals surface area contributed by atoms with Crippen LogP contribution in [0.2, 0.25) is 0 Å². The van der Waals surface area contributed by atoms with Gasteiger partial charge in [0.2, 0.25) is 0 Å². The van der Waals surface area contributed by atoms with Crippen LogP contribution in [0.25, 0.3) is 0 Å². The summed E-state index contributed by atoms with van der Waals surface area (Å²) in [6.45, 7) is 2.49. The molecule has 0 aromatic heterocycles. The highest BCUT2D eigenvalue weighted by atomic mass is 19.1. The van der Waals surface area contributed by atoms with E-state index in [9.17, 15) is 4.39 Å². The van der Waals surface area contributed by atoms with Gasteiger partial charge in [-0.15, -0.1) is 0 Å². The second-order valence-corrected chi connectivity index (χ2v) is 4.83. The molecule has 1 atom stereocenters. The Morgan fingerprint density at radius 3 is 2.89 bits per heavy atom. The van der Waals surface area contributed by atoms with Crippen molar-refractivity contribution in [2.45, 2.75) is 13.0 Å². The molecule has 1 unspecified atom stereocenters. The number of likely N-dealkylation sites (tertiary alicyclic amines) is 1. The summed E-state index contributed by atoms with van der Waals surface area (Å²) < 4.78 is 13.2. The van der Waals surface area contributed by atoms with Crippen LogP contribution in [0.3, 0.4) is 0 Å². The predicted molar refractivity (Wildman–Crippen MR) is 70.8 cm³/mol. The lowest BCUT2D eigenvalue weighted by Gasteiger charge is -2.16. The van der Waals surface area contributed by atoms with Crippen LogP contribution in [0.5, 0.6) is 0 Å². The van der Waals surface area contributed by atoms with Crippen LogP contribution in [0.15, 0.2) is 18.2 Å². The monoisotopic (exact) mass is 263 g/mol. The minimum Gasteiger partial charge on any atom is -0.396 e. The van der Waals surface area contributed by atoms with Crippen molar-refractivity contribution in [3.8, 4) is 11.8 Å². The third-order valence-electron chi connectivity index (χ3n) is 3.40. The van der Waals surface area contributed by atoms with E-state index in [0.717, 1.165) is 25.1 Å². The van der Waals surface area contributed by atoms with Gasteiger partial charge in [-0.05, 0) is 36.6 Å². The molecule has 0 bridgehead atoms. The fourth-order valence-electron chi connectivity index (χ4n) is 2.38. The van der Waals surface area contributed by atoms with Crippen molar-refractivity contribution in [1.29, 1.82) is 0 Å². The fourth-order valence-corrected chi connectivity index (χ4v) is 2.38. The number of halogens is 1. The van der Waals surface area contributed by atoms with E-state index in [4.69, 9.17) is 10.2 Å². The van der Waals surface area contributed by atoms with Crippen molar-refractivity contribution >= 4 is 0 Å². The number of aliphatic hydroxyl groups excluding tert-OH is 2. The van der Waals surface area contributed by atoms with Gasteiger partial charge >= 0.3 is 0 Å². The van der Waals surface area contributed by atoms with E-state index < -0.39 is 0 Å². The summed E-state index contributed by atoms with van der Waals surface area (Å²) >= 11 is 0. The Morgan fingerprint density at radius 1 is 1.37 bits per heavy atom. The largest absolute Gasteiger partial charge is 0.396 e. The molecule has 1 fully saturated rings. The molecule has 3 nitrogen and oxygen atoms in total. The second kappa shape index (κ2) is 6.67. The Morgan fingerprint density at radius 2 is 2.21 bits per heavy atom. The number of nitrogens with zero attached hydrogens (tertiary/aromatic N) is 1. The van der Waals surface area contributed by atoms with E-state index in [0.29, 0.717) is 18.0 Å². The maximum atomic E-state index is 13.2. The van der Waals surface area contributed by atoms with E-state index in [1.807, 2.05) is 0 Å². The van der Waals surface area contributed by atoms with Crippen LogP contribution >= 0.6 is 0 Å². The zero-order valence-electron chi connectivity index (χ0n) is 10.8. The molecule has 1 aromatic rings. The van der Waals surface area contributed by atoms with E-state index in [-0.39, 0.29) is 19.0 Å². The van der Waals surface area contributed by atoms with Gasteiger partial charge in [-0.3, -0.25) is 4.90 Å². The molecule has 1 aliphatic heterocycles. The first-order chi connectivity index (χ1) is 9.22. The Labute approximate surface area is 112 Å². The van der Waals surface area contributed by atoms with Gasteiger partial charge in [0.15, 0.2) is 0 Å². The van der Waals surface area contributed by atoms with Crippen molar-refractivity contribution in [2.24, 2.45) is 5.92 Å². The molecular formula is C15H18FNO2. The molecule has 19 heavy (non-hydrogen) atoms. The topological polar surface area (TPSA) is 43.7 Å². The van der Waals surface area contributed by atoms with Crippen LogP contribution in [0.1, 0.15) is 17.5 Å². The summed E-state index contributed by atoms with van der Waals surface area (Å²) in [5.41, 5.74) is 1.59. The Balaban J connectivity index is 2.11. The lowest BCUT2D eigenvalue weighted by Crippen LogP contribution is -2.21. The first kappa shape index (κ1) is 14.0. The summed E-state index contributed by atoms with van der Waals surface area (Å²) in [6, 6.07) is 4.57. The molecule has 0 aliphatic carbocycles. The second-order valence-electron chi connectivity index (χ2n) is 4.83. The van der Waals surface area contributed by atoms with Gasteiger partial charge in [0.05, 0.1) is 0 Å². The lowest BCUT2D eigenvalue weighted by atomic mass is 10.1. The summed E-state index contributed by atoms with van der Waals surface area (Å²) in [6.07, 6.45) is 0.995. The average molecular weight is 263 g/mol. The van der Waals surface area contributed by atoms with Gasteiger partial charge in [-0.1, -0.05) is 17.9 Å². The summed E-state index contributed by atoms with van der Waals surface area (Å²) in [5, 5.41) is 17.9. The van der Waals surface area contributed by atoms with Gasteiger partial charge in [0.1, 0.15) is 12.4 Å². The van der Waals surface area contributed by atoms with E-state index >= 15 is 0 Å². The van der Waals surface area contributed by atoms with Crippen molar-refractivity contribution < 1.29 is 14.6 Å². The lowest BCUT2D eigenvalue weighted by molar-refractivity contribution is 0.220. The van der Waals surface area contributed by atoms with Gasteiger partial charge in [-0.2, -0.15) is 0 Å². The zero-order chi connectivity index (χ0) is 13.7. The molecule has 1 heterocycles. The van der Waals surface area contributed by atoms with Crippen LogP contribution in [0.4, 0.5) is 4.39 Å². The minimum atomic E-state index is -0.319. The molecule has 0 saturated carbocycles. The summed E-state index contributed by atoms with van der Waals surface area (Å²) in [5.74, 6) is 5.37. The van der Waals surface area contributed by atoms with Crippen LogP contribution in [0, 0.1) is 23.6 Å². The van der Waals surface area contributed by atoms with Gasteiger partial charge < -0.3 is 10.2 Å². The molecule has 0 spiro atoms. The van der Waals surface area contributed by atoms with E-state index in [1.54, 1.807) is 6.07 Å². The Bertz CT molecular complexity index is 493. The SMILES string of the molecule is OCC#Cc1cc(F)ccc1CN1CCC(CO)C1. The third kappa shape index (κ3) is 3.77. The predicted octanol–water partition coefficient (Wildman–Crippen LogP) is 0.984. The standard InChI is InChI=1S/C15H18FNO2/c16-15-4-3-14(13(8-15)2-1-7-18)10-17-6-5-12(9-17)11-19/h3-4,8,12,18-19H,5-7,9-11H2. The Hall–Kier alpha value is -1.41. The van der Waals surface area contributed by atoms with Crippen molar-refractivity contribution in [2.75, 3.05) is 26.3 Å². The maximum Gasteiger partial charge on any atom is 0.124 e. The fraction of sp³-hybridized carbons (Fsp3) is 0.467. The minimum absolute atomic E-state index is 0.219. The van der Waals surface area contributed by atoms with Crippen molar-refractivity contribution in [3.63, 3.8) is 0 Å². The number of rotatable bonds is 3. The molecule has 2 rings (SSSR count). The van der Waals surface area contributed by atoms with Crippen LogP contribution in [-0.4, -0.2) is 41.4 Å². The maximum absolute atomic E-state index is 13.2. The smallest absolute Gasteiger partial charge is 0.124 e. The van der Waals surface area contributed by atoms with Gasteiger partial charge in [-0.25, -0.2) is 4.39 Å². The molecule has 1 aliphatic rings. The van der Waals surface area contributed by atoms with Gasteiger partial charge in [0, 0.05) is 25.3 Å². The third-order valence-corrected chi connectivity index (χ3v) is 3.40. The first-order valence-corrected chi connectivity index (χ1v) is 6.44. The summed E-state index contributed by atoms with van der Waals surface area (Å²) in [7, 11) is 0. The zero-order valence-corrected chi connectivity index (χ0v) is 10.8. The number of hydrogen-bond donors (Lipinski definition) is 2. The normalized spacial score (nSPS) is 19.2. The van der Waals surface area contributed by atoms with Crippen LogP contribution < -0.4 is 0 Å². The van der Waals surface area contributed by atoms with Crippen molar-refractivity contribution in [3.05, 3.63) is 35.1 Å². The summed E-state index contributed by atoms with van der Waals surface area (Å²) in [4.78, 5) is 2.23. The van der Waals surface area contributed by atoms with Crippen LogP contribution in [-0.2, 0) is 6.54 Å². The number of hydrogen-bond acceptors (Lipinski definition) is 3. The van der Waals surface area contributed by atoms with Crippen molar-refractivity contribution in [1.82, 2.24) is 4.90 Å². The molecule has 1 saturated heterocycles. The molecule has 102 valence electrons. The van der Waals surface area contributed by atoms with Gasteiger partial charge in [0.25, 0.3) is 0 Å². The quantitative estimate of drug-likeness (QED) is 0.799. The highest BCUT2D eigenvalue weighted by molar-refractivity contribution is 5.41. The molecule has 0 radical (unpaired) electrons. The highest BCUT2D eigenvalue weighted by Crippen LogP contribution is 2.20. The number of benzene rings is 1. The van der Waals surface area contributed by atoms with E-state index in [2.05, 4.69) is 16.7 Å². The van der Waals surface area contributed by atoms with E-state index in [1.165, 1.54) is 12.1 Å². The molecule has 1 aromatic carbocycles.